The van der Waals surface area contributed by atoms with Gasteiger partial charge in [0.25, 0.3) is 5.91 Å². The molecule has 0 bridgehead atoms. The smallest absolute Gasteiger partial charge is 0.303 e. The van der Waals surface area contributed by atoms with E-state index in [1.54, 1.807) is 0 Å². The van der Waals surface area contributed by atoms with Crippen molar-refractivity contribution in [3.8, 4) is 0 Å². The van der Waals surface area contributed by atoms with E-state index in [2.05, 4.69) is 5.32 Å². The Morgan fingerprint density at radius 2 is 1.61 bits per heavy atom. The van der Waals surface area contributed by atoms with Crippen LogP contribution in [0, 0.1) is 6.92 Å². The van der Waals surface area contributed by atoms with Crippen LogP contribution in [-0.2, 0) is 14.4 Å². The first kappa shape index (κ1) is 27.1. The Hall–Kier alpha value is -2.19. The van der Waals surface area contributed by atoms with E-state index >= 15 is 0 Å². The number of aliphatic carboxylic acids is 1. The summed E-state index contributed by atoms with van der Waals surface area (Å²) in [6.45, 7) is 2.96. The summed E-state index contributed by atoms with van der Waals surface area (Å²) in [5.74, 6) is -0.920. The van der Waals surface area contributed by atoms with E-state index in [9.17, 15) is 14.4 Å². The minimum atomic E-state index is -0.717. The number of unbranched alkanes of at least 4 members (excludes halogenated alkanes) is 7. The molecule has 0 unspecified atom stereocenters. The van der Waals surface area contributed by atoms with E-state index in [1.165, 1.54) is 16.7 Å². The molecule has 1 aromatic rings. The van der Waals surface area contributed by atoms with Crippen LogP contribution in [0.4, 0.5) is 0 Å². The molecule has 8 heteroatoms. The second kappa shape index (κ2) is 14.9. The minimum absolute atomic E-state index is 0.0648. The first-order valence-corrected chi connectivity index (χ1v) is 12.9. The van der Waals surface area contributed by atoms with Gasteiger partial charge in [0.1, 0.15) is 4.32 Å². The third-order valence-corrected chi connectivity index (χ3v) is 6.83. The molecule has 0 saturated carbocycles. The lowest BCUT2D eigenvalue weighted by Crippen LogP contribution is -2.33. The summed E-state index contributed by atoms with van der Waals surface area (Å²) in [6.07, 6.45) is 10.6. The van der Waals surface area contributed by atoms with Crippen molar-refractivity contribution < 1.29 is 19.5 Å². The van der Waals surface area contributed by atoms with Crippen molar-refractivity contribution in [2.75, 3.05) is 13.1 Å². The zero-order valence-electron chi connectivity index (χ0n) is 19.3. The summed E-state index contributed by atoms with van der Waals surface area (Å²) >= 11 is 6.62. The Morgan fingerprint density at radius 3 is 2.24 bits per heavy atom. The summed E-state index contributed by atoms with van der Waals surface area (Å²) in [5, 5.41) is 11.5. The highest BCUT2D eigenvalue weighted by Gasteiger charge is 2.32. The molecule has 0 spiro atoms. The quantitative estimate of drug-likeness (QED) is 0.197. The molecule has 1 saturated heterocycles. The fraction of sp³-hybridized carbons (Fsp3) is 0.520. The lowest BCUT2D eigenvalue weighted by Gasteiger charge is -2.14. The van der Waals surface area contributed by atoms with Crippen molar-refractivity contribution >= 4 is 52.2 Å². The molecule has 2 N–H and O–H groups in total. The molecule has 33 heavy (non-hydrogen) atoms. The normalized spacial score (nSPS) is 14.8. The molecule has 1 heterocycles. The van der Waals surface area contributed by atoms with Gasteiger partial charge in [-0.3, -0.25) is 19.3 Å². The first-order valence-electron chi connectivity index (χ1n) is 11.7. The molecule has 1 aromatic carbocycles. The second-order valence-corrected chi connectivity index (χ2v) is 9.99. The molecule has 2 amide bonds. The van der Waals surface area contributed by atoms with E-state index in [0.29, 0.717) is 22.3 Å². The maximum atomic E-state index is 12.7. The van der Waals surface area contributed by atoms with Crippen LogP contribution in [-0.4, -0.2) is 45.2 Å². The Morgan fingerprint density at radius 1 is 1.00 bits per heavy atom. The van der Waals surface area contributed by atoms with Crippen molar-refractivity contribution in [1.29, 1.82) is 0 Å². The molecule has 0 aliphatic carbocycles. The van der Waals surface area contributed by atoms with E-state index in [4.69, 9.17) is 17.3 Å². The van der Waals surface area contributed by atoms with Gasteiger partial charge in [-0.2, -0.15) is 0 Å². The zero-order valence-corrected chi connectivity index (χ0v) is 20.9. The molecule has 0 radical (unpaired) electrons. The number of thioether (sulfide) groups is 1. The fourth-order valence-electron chi connectivity index (χ4n) is 3.50. The highest BCUT2D eigenvalue weighted by molar-refractivity contribution is 8.26. The molecule has 0 aromatic heterocycles. The summed E-state index contributed by atoms with van der Waals surface area (Å²) in [7, 11) is 0. The Kier molecular flexibility index (Phi) is 12.2. The molecule has 2 rings (SSSR count). The summed E-state index contributed by atoms with van der Waals surface area (Å²) in [6, 6.07) is 7.94. The van der Waals surface area contributed by atoms with Crippen molar-refractivity contribution in [2.45, 2.75) is 71.1 Å². The number of carbonyl (C=O) groups excluding carboxylic acids is 2. The largest absolute Gasteiger partial charge is 0.481 e. The SMILES string of the molecule is Cc1ccc(/C=C2/SC(=S)N(CCC(=O)NCCCCCCCCCCC(=O)O)C2=O)cc1. The average molecular weight is 491 g/mol. The molecule has 180 valence electrons. The topological polar surface area (TPSA) is 86.7 Å². The van der Waals surface area contributed by atoms with Gasteiger partial charge in [-0.25, -0.2) is 0 Å². The average Bonchev–Trinajstić information content (AvgIpc) is 3.04. The number of aryl methyl sites for hydroxylation is 1. The first-order chi connectivity index (χ1) is 15.9. The van der Waals surface area contributed by atoms with Gasteiger partial charge in [0.2, 0.25) is 5.91 Å². The summed E-state index contributed by atoms with van der Waals surface area (Å²) in [4.78, 5) is 37.4. The molecule has 1 aliphatic heterocycles. The number of nitrogens with one attached hydrogen (secondary N) is 1. The van der Waals surface area contributed by atoms with Crippen LogP contribution in [0.2, 0.25) is 0 Å². The predicted octanol–water partition coefficient (Wildman–Crippen LogP) is 5.30. The summed E-state index contributed by atoms with van der Waals surface area (Å²) < 4.78 is 0.495. The van der Waals surface area contributed by atoms with Crippen LogP contribution >= 0.6 is 24.0 Å². The maximum absolute atomic E-state index is 12.7. The second-order valence-electron chi connectivity index (χ2n) is 8.32. The van der Waals surface area contributed by atoms with Crippen LogP contribution < -0.4 is 5.32 Å². The number of nitrogens with zero attached hydrogens (tertiary/aromatic N) is 1. The van der Waals surface area contributed by atoms with E-state index in [1.807, 2.05) is 37.3 Å². The number of rotatable bonds is 15. The fourth-order valence-corrected chi connectivity index (χ4v) is 4.81. The van der Waals surface area contributed by atoms with Gasteiger partial charge in [-0.05, 0) is 31.4 Å². The minimum Gasteiger partial charge on any atom is -0.481 e. The highest BCUT2D eigenvalue weighted by atomic mass is 32.2. The van der Waals surface area contributed by atoms with Crippen LogP contribution in [0.1, 0.15) is 75.3 Å². The van der Waals surface area contributed by atoms with Crippen molar-refractivity contribution in [3.63, 3.8) is 0 Å². The lowest BCUT2D eigenvalue weighted by molar-refractivity contribution is -0.137. The number of carbonyl (C=O) groups is 3. The zero-order chi connectivity index (χ0) is 24.1. The van der Waals surface area contributed by atoms with Gasteiger partial charge >= 0.3 is 5.97 Å². The molecule has 1 fully saturated rings. The van der Waals surface area contributed by atoms with Crippen LogP contribution in [0.5, 0.6) is 0 Å². The number of hydrogen-bond donors (Lipinski definition) is 2. The van der Waals surface area contributed by atoms with Gasteiger partial charge in [0.05, 0.1) is 4.91 Å². The maximum Gasteiger partial charge on any atom is 0.303 e. The Bertz CT molecular complexity index is 852. The van der Waals surface area contributed by atoms with Gasteiger partial charge < -0.3 is 10.4 Å². The lowest BCUT2D eigenvalue weighted by atomic mass is 10.1. The third kappa shape index (κ3) is 10.5. The summed E-state index contributed by atoms with van der Waals surface area (Å²) in [5.41, 5.74) is 2.12. The number of thiocarbonyl (C=S) groups is 1. The molecule has 1 aliphatic rings. The Labute approximate surface area is 206 Å². The van der Waals surface area contributed by atoms with Gasteiger partial charge in [-0.15, -0.1) is 0 Å². The number of carboxylic acid groups (broad SMARTS) is 1. The molecule has 0 atom stereocenters. The molecule has 6 nitrogen and oxygen atoms in total. The number of amides is 2. The van der Waals surface area contributed by atoms with Crippen molar-refractivity contribution in [3.05, 3.63) is 40.3 Å². The van der Waals surface area contributed by atoms with Crippen molar-refractivity contribution in [2.24, 2.45) is 0 Å². The van der Waals surface area contributed by atoms with Crippen LogP contribution in [0.3, 0.4) is 0 Å². The van der Waals surface area contributed by atoms with E-state index in [0.717, 1.165) is 62.5 Å². The standard InChI is InChI=1S/C25H34N2O4S2/c1-19-11-13-20(14-12-19)18-21-24(31)27(25(32)33-21)17-15-22(28)26-16-9-7-5-3-2-4-6-8-10-23(29)30/h11-14,18H,2-10,15-17H2,1H3,(H,26,28)(H,29,30)/b21-18+. The van der Waals surface area contributed by atoms with E-state index in [-0.39, 0.29) is 24.7 Å². The monoisotopic (exact) mass is 490 g/mol. The van der Waals surface area contributed by atoms with E-state index < -0.39 is 5.97 Å². The number of benzene rings is 1. The third-order valence-electron chi connectivity index (χ3n) is 5.45. The number of carboxylic acids is 1. The van der Waals surface area contributed by atoms with Crippen molar-refractivity contribution in [1.82, 2.24) is 10.2 Å². The van der Waals surface area contributed by atoms with Crippen LogP contribution in [0.15, 0.2) is 29.2 Å². The molecular weight excluding hydrogens is 456 g/mol. The van der Waals surface area contributed by atoms with Gasteiger partial charge in [0, 0.05) is 25.9 Å². The van der Waals surface area contributed by atoms with Gasteiger partial charge in [-0.1, -0.05) is 92.3 Å². The number of hydrogen-bond acceptors (Lipinski definition) is 5. The van der Waals surface area contributed by atoms with Crippen LogP contribution in [0.25, 0.3) is 6.08 Å². The molecular formula is C25H34N2O4S2. The van der Waals surface area contributed by atoms with Gasteiger partial charge in [0.15, 0.2) is 0 Å². The Balaban J connectivity index is 1.56. The highest BCUT2D eigenvalue weighted by Crippen LogP contribution is 2.32. The predicted molar refractivity (Wildman–Crippen MR) is 138 cm³/mol.